The van der Waals surface area contributed by atoms with Crippen LogP contribution in [0.25, 0.3) is 10.9 Å². The van der Waals surface area contributed by atoms with Crippen LogP contribution in [-0.2, 0) is 9.53 Å². The number of amides is 1. The van der Waals surface area contributed by atoms with Crippen LogP contribution >= 0.6 is 0 Å². The maximum atomic E-state index is 12.8. The molecule has 5 heteroatoms. The van der Waals surface area contributed by atoms with Crippen LogP contribution in [-0.4, -0.2) is 30.2 Å². The summed E-state index contributed by atoms with van der Waals surface area (Å²) in [4.78, 5) is 17.2. The van der Waals surface area contributed by atoms with Gasteiger partial charge in [-0.25, -0.2) is 0 Å². The van der Waals surface area contributed by atoms with Crippen LogP contribution in [0.2, 0.25) is 0 Å². The van der Waals surface area contributed by atoms with E-state index in [4.69, 9.17) is 9.47 Å². The molecular weight excluding hydrogens is 304 g/mol. The quantitative estimate of drug-likeness (QED) is 0.789. The molecule has 2 aromatic rings. The third-order valence-corrected chi connectivity index (χ3v) is 4.15. The van der Waals surface area contributed by atoms with Crippen molar-refractivity contribution in [1.29, 1.82) is 0 Å². The number of unbranched alkanes of at least 4 members (excludes halogenated alkanes) is 1. The molecule has 1 N–H and O–H groups in total. The predicted molar refractivity (Wildman–Crippen MR) is 96.5 cm³/mol. The number of pyridine rings is 1. The third kappa shape index (κ3) is 3.85. The van der Waals surface area contributed by atoms with Crippen LogP contribution in [0.5, 0.6) is 5.75 Å². The van der Waals surface area contributed by atoms with Gasteiger partial charge in [-0.15, -0.1) is 0 Å². The van der Waals surface area contributed by atoms with E-state index in [1.54, 1.807) is 13.3 Å². The van der Waals surface area contributed by atoms with Crippen molar-refractivity contribution in [2.24, 2.45) is 0 Å². The lowest BCUT2D eigenvalue weighted by Crippen LogP contribution is -2.42. The summed E-state index contributed by atoms with van der Waals surface area (Å²) < 4.78 is 11.1. The number of carbonyl (C=O) groups excluding carboxylic acids is 1. The summed E-state index contributed by atoms with van der Waals surface area (Å²) >= 11 is 0. The number of anilines is 1. The highest BCUT2D eigenvalue weighted by Crippen LogP contribution is 2.31. The molecule has 0 spiro atoms. The van der Waals surface area contributed by atoms with Crippen molar-refractivity contribution in [3.05, 3.63) is 30.5 Å². The zero-order valence-corrected chi connectivity index (χ0v) is 14.9. The lowest BCUT2D eigenvalue weighted by Gasteiger charge is -2.28. The smallest absolute Gasteiger partial charge is 0.256 e. The van der Waals surface area contributed by atoms with E-state index in [2.05, 4.69) is 17.2 Å². The van der Waals surface area contributed by atoms with Gasteiger partial charge < -0.3 is 14.8 Å². The number of ether oxygens (including phenoxy) is 2. The van der Waals surface area contributed by atoms with Crippen LogP contribution < -0.4 is 10.1 Å². The lowest BCUT2D eigenvalue weighted by molar-refractivity contribution is -0.139. The highest BCUT2D eigenvalue weighted by molar-refractivity contribution is 6.05. The van der Waals surface area contributed by atoms with Crippen LogP contribution in [0.1, 0.15) is 40.0 Å². The zero-order valence-electron chi connectivity index (χ0n) is 14.9. The Bertz CT molecular complexity index is 702. The fourth-order valence-electron chi connectivity index (χ4n) is 2.76. The Morgan fingerprint density at radius 2 is 2.08 bits per heavy atom. The molecule has 1 amide bonds. The van der Waals surface area contributed by atoms with Gasteiger partial charge >= 0.3 is 0 Å². The van der Waals surface area contributed by atoms with Gasteiger partial charge in [-0.2, -0.15) is 0 Å². The number of hydrogen-bond acceptors (Lipinski definition) is 4. The number of nitrogens with one attached hydrogen (secondary N) is 1. The van der Waals surface area contributed by atoms with Crippen molar-refractivity contribution in [3.8, 4) is 5.75 Å². The van der Waals surface area contributed by atoms with Gasteiger partial charge in [0, 0.05) is 18.2 Å². The molecular formula is C19H26N2O3. The second-order valence-electron chi connectivity index (χ2n) is 5.94. The molecule has 130 valence electrons. The molecule has 0 fully saturated rings. The molecule has 0 bridgehead atoms. The van der Waals surface area contributed by atoms with Crippen LogP contribution in [0, 0.1) is 0 Å². The van der Waals surface area contributed by atoms with Crippen molar-refractivity contribution in [2.75, 3.05) is 19.0 Å². The van der Waals surface area contributed by atoms with E-state index in [-0.39, 0.29) is 5.91 Å². The summed E-state index contributed by atoms with van der Waals surface area (Å²) in [6.07, 6.45) is 4.36. The Hall–Kier alpha value is -2.14. The topological polar surface area (TPSA) is 60.5 Å². The van der Waals surface area contributed by atoms with Gasteiger partial charge in [-0.3, -0.25) is 9.78 Å². The summed E-state index contributed by atoms with van der Waals surface area (Å²) in [5.41, 5.74) is 0.606. The van der Waals surface area contributed by atoms with E-state index in [1.165, 1.54) is 0 Å². The number of hydrogen-bond donors (Lipinski definition) is 1. The molecule has 0 saturated carbocycles. The van der Waals surface area contributed by atoms with Gasteiger partial charge in [-0.1, -0.05) is 19.8 Å². The average Bonchev–Trinajstić information content (AvgIpc) is 2.60. The van der Waals surface area contributed by atoms with Crippen molar-refractivity contribution >= 4 is 22.5 Å². The van der Waals surface area contributed by atoms with Crippen molar-refractivity contribution in [3.63, 3.8) is 0 Å². The number of fused-ring (bicyclic) bond motifs is 1. The molecule has 0 saturated heterocycles. The molecule has 1 aromatic carbocycles. The third-order valence-electron chi connectivity index (χ3n) is 4.15. The molecule has 2 rings (SSSR count). The van der Waals surface area contributed by atoms with Gasteiger partial charge in [0.25, 0.3) is 5.91 Å². The Labute approximate surface area is 143 Å². The van der Waals surface area contributed by atoms with Crippen molar-refractivity contribution in [1.82, 2.24) is 4.98 Å². The fraction of sp³-hybridized carbons (Fsp3) is 0.474. The summed E-state index contributed by atoms with van der Waals surface area (Å²) in [6, 6.07) is 7.42. The van der Waals surface area contributed by atoms with Crippen LogP contribution in [0.3, 0.4) is 0 Å². The van der Waals surface area contributed by atoms with Gasteiger partial charge in [0.15, 0.2) is 0 Å². The number of rotatable bonds is 8. The first kappa shape index (κ1) is 18.2. The molecule has 0 aliphatic carbocycles. The normalized spacial score (nSPS) is 13.5. The minimum atomic E-state index is -0.834. The molecule has 1 aromatic heterocycles. The molecule has 1 atom stereocenters. The SMILES string of the molecule is CCCC[C@](C)(OCC)C(=O)Nc1ccc(OC)c2ncccc12. The molecule has 0 aliphatic rings. The van der Waals surface area contributed by atoms with Crippen LogP contribution in [0.4, 0.5) is 5.69 Å². The van der Waals surface area contributed by atoms with E-state index < -0.39 is 5.60 Å². The number of nitrogens with zero attached hydrogens (tertiary/aromatic N) is 1. The second-order valence-corrected chi connectivity index (χ2v) is 5.94. The molecule has 0 radical (unpaired) electrons. The van der Waals surface area contributed by atoms with E-state index in [0.717, 1.165) is 23.7 Å². The minimum absolute atomic E-state index is 0.131. The summed E-state index contributed by atoms with van der Waals surface area (Å²) in [5.74, 6) is 0.551. The minimum Gasteiger partial charge on any atom is -0.494 e. The van der Waals surface area contributed by atoms with E-state index >= 15 is 0 Å². The summed E-state index contributed by atoms with van der Waals surface area (Å²) in [6.45, 7) is 6.36. The van der Waals surface area contributed by atoms with E-state index in [9.17, 15) is 4.79 Å². The summed E-state index contributed by atoms with van der Waals surface area (Å²) in [7, 11) is 1.61. The van der Waals surface area contributed by atoms with Crippen molar-refractivity contribution in [2.45, 2.75) is 45.6 Å². The van der Waals surface area contributed by atoms with Gasteiger partial charge in [-0.05, 0) is 44.5 Å². The largest absolute Gasteiger partial charge is 0.494 e. The highest BCUT2D eigenvalue weighted by atomic mass is 16.5. The first-order chi connectivity index (χ1) is 11.6. The van der Waals surface area contributed by atoms with Gasteiger partial charge in [0.1, 0.15) is 16.9 Å². The number of aromatic nitrogens is 1. The molecule has 0 aliphatic heterocycles. The number of carbonyl (C=O) groups is 1. The Balaban J connectivity index is 2.32. The highest BCUT2D eigenvalue weighted by Gasteiger charge is 2.33. The standard InChI is InChI=1S/C19H26N2O3/c1-5-7-12-19(3,24-6-2)18(22)21-15-10-11-16(23-4)17-14(15)9-8-13-20-17/h8-11,13H,5-7,12H2,1-4H3,(H,21,22)/t19-/m0/s1. The molecule has 1 heterocycles. The lowest BCUT2D eigenvalue weighted by atomic mass is 9.97. The van der Waals surface area contributed by atoms with Crippen molar-refractivity contribution < 1.29 is 14.3 Å². The van der Waals surface area contributed by atoms with E-state index in [1.807, 2.05) is 38.1 Å². The maximum Gasteiger partial charge on any atom is 0.256 e. The Kier molecular flexibility index (Phi) is 6.15. The van der Waals surface area contributed by atoms with Crippen LogP contribution in [0.15, 0.2) is 30.5 Å². The number of benzene rings is 1. The zero-order chi connectivity index (χ0) is 17.6. The Morgan fingerprint density at radius 3 is 2.75 bits per heavy atom. The summed E-state index contributed by atoms with van der Waals surface area (Å²) in [5, 5.41) is 3.86. The molecule has 24 heavy (non-hydrogen) atoms. The monoisotopic (exact) mass is 330 g/mol. The molecule has 0 unspecified atom stereocenters. The van der Waals surface area contributed by atoms with E-state index in [0.29, 0.717) is 24.5 Å². The molecule has 5 nitrogen and oxygen atoms in total. The first-order valence-corrected chi connectivity index (χ1v) is 8.42. The Morgan fingerprint density at radius 1 is 1.29 bits per heavy atom. The average molecular weight is 330 g/mol. The number of methoxy groups -OCH3 is 1. The predicted octanol–water partition coefficient (Wildman–Crippen LogP) is 4.17. The first-order valence-electron chi connectivity index (χ1n) is 8.42. The second kappa shape index (κ2) is 8.11. The maximum absolute atomic E-state index is 12.8. The van der Waals surface area contributed by atoms with Gasteiger partial charge in [0.05, 0.1) is 12.8 Å². The fourth-order valence-corrected chi connectivity index (χ4v) is 2.76. The van der Waals surface area contributed by atoms with Gasteiger partial charge in [0.2, 0.25) is 0 Å².